The highest BCUT2D eigenvalue weighted by Gasteiger charge is 2.36. The van der Waals surface area contributed by atoms with E-state index in [0.29, 0.717) is 33.8 Å². The van der Waals surface area contributed by atoms with Crippen LogP contribution in [-0.2, 0) is 6.54 Å². The molecule has 26 heavy (non-hydrogen) atoms. The molecule has 2 aromatic heterocycles. The van der Waals surface area contributed by atoms with Crippen LogP contribution in [0.15, 0.2) is 33.2 Å². The van der Waals surface area contributed by atoms with Crippen molar-refractivity contribution in [2.75, 3.05) is 0 Å². The lowest BCUT2D eigenvalue weighted by Gasteiger charge is -2.20. The Kier molecular flexibility index (Phi) is 4.24. The molecule has 1 aromatic carbocycles. The number of hydrogen-bond donors (Lipinski definition) is 0. The Morgan fingerprint density at radius 1 is 1.23 bits per heavy atom. The molecule has 2 heterocycles. The topological polar surface area (TPSA) is 85.3 Å². The van der Waals surface area contributed by atoms with Gasteiger partial charge in [-0.1, -0.05) is 16.8 Å². The van der Waals surface area contributed by atoms with Gasteiger partial charge in [-0.2, -0.15) is 0 Å². The summed E-state index contributed by atoms with van der Waals surface area (Å²) in [6, 6.07) is 7.33. The largest absolute Gasteiger partial charge is 0.419 e. The SMILES string of the molecule is Cc1noc(C)c1C(=O)N(Cc1nnc(-c2ccc(Cl)cc2)o1)C1CC1. The smallest absolute Gasteiger partial charge is 0.260 e. The Morgan fingerprint density at radius 3 is 2.58 bits per heavy atom. The first kappa shape index (κ1) is 16.8. The van der Waals surface area contributed by atoms with E-state index in [9.17, 15) is 4.79 Å². The van der Waals surface area contributed by atoms with Crippen LogP contribution in [0.2, 0.25) is 5.02 Å². The molecule has 0 bridgehead atoms. The van der Waals surface area contributed by atoms with E-state index in [4.69, 9.17) is 20.5 Å². The van der Waals surface area contributed by atoms with Crippen molar-refractivity contribution in [3.05, 3.63) is 52.2 Å². The standard InChI is InChI=1S/C18H17ClN4O3/c1-10-16(11(2)26-22-10)18(24)23(14-7-8-14)9-15-20-21-17(25-15)12-3-5-13(19)6-4-12/h3-6,14H,7-9H2,1-2H3. The molecular formula is C18H17ClN4O3. The first-order valence-corrected chi connectivity index (χ1v) is 8.73. The number of nitrogens with zero attached hydrogens (tertiary/aromatic N) is 4. The number of aryl methyl sites for hydroxylation is 2. The predicted octanol–water partition coefficient (Wildman–Crippen LogP) is 3.80. The maximum absolute atomic E-state index is 13.0. The molecule has 0 spiro atoms. The second-order valence-corrected chi connectivity index (χ2v) is 6.81. The van der Waals surface area contributed by atoms with Crippen molar-refractivity contribution in [3.8, 4) is 11.5 Å². The third kappa shape index (κ3) is 3.22. The Hall–Kier alpha value is -2.67. The van der Waals surface area contributed by atoms with Crippen molar-refractivity contribution in [1.82, 2.24) is 20.3 Å². The van der Waals surface area contributed by atoms with Gasteiger partial charge in [0.05, 0.1) is 12.2 Å². The Morgan fingerprint density at radius 2 is 1.96 bits per heavy atom. The van der Waals surface area contributed by atoms with Crippen LogP contribution in [-0.4, -0.2) is 32.2 Å². The molecule has 0 atom stereocenters. The third-order valence-electron chi connectivity index (χ3n) is 4.36. The Bertz CT molecular complexity index is 924. The van der Waals surface area contributed by atoms with Crippen molar-refractivity contribution >= 4 is 17.5 Å². The van der Waals surface area contributed by atoms with Crippen LogP contribution >= 0.6 is 11.6 Å². The molecule has 1 saturated carbocycles. The molecule has 0 saturated heterocycles. The molecule has 0 N–H and O–H groups in total. The highest BCUT2D eigenvalue weighted by Crippen LogP contribution is 2.31. The van der Waals surface area contributed by atoms with Crippen molar-refractivity contribution in [2.24, 2.45) is 0 Å². The normalized spacial score (nSPS) is 13.8. The summed E-state index contributed by atoms with van der Waals surface area (Å²) in [5, 5.41) is 12.7. The average molecular weight is 373 g/mol. The molecular weight excluding hydrogens is 356 g/mol. The zero-order valence-corrected chi connectivity index (χ0v) is 15.2. The van der Waals surface area contributed by atoms with Gasteiger partial charge in [-0.15, -0.1) is 10.2 Å². The monoisotopic (exact) mass is 372 g/mol. The van der Waals surface area contributed by atoms with Crippen LogP contribution in [0.4, 0.5) is 0 Å². The molecule has 4 rings (SSSR count). The first-order valence-electron chi connectivity index (χ1n) is 8.35. The highest BCUT2D eigenvalue weighted by atomic mass is 35.5. The van der Waals surface area contributed by atoms with Gasteiger partial charge in [-0.3, -0.25) is 4.79 Å². The third-order valence-corrected chi connectivity index (χ3v) is 4.61. The number of hydrogen-bond acceptors (Lipinski definition) is 6. The molecule has 1 aliphatic rings. The number of benzene rings is 1. The van der Waals surface area contributed by atoms with Gasteiger partial charge < -0.3 is 13.8 Å². The van der Waals surface area contributed by atoms with Gasteiger partial charge >= 0.3 is 0 Å². The second-order valence-electron chi connectivity index (χ2n) is 6.37. The van der Waals surface area contributed by atoms with Gasteiger partial charge in [-0.05, 0) is 51.0 Å². The van der Waals surface area contributed by atoms with Crippen LogP contribution in [0.1, 0.15) is 40.5 Å². The number of halogens is 1. The predicted molar refractivity (Wildman–Crippen MR) is 93.6 cm³/mol. The zero-order valence-electron chi connectivity index (χ0n) is 14.4. The van der Waals surface area contributed by atoms with Crippen LogP contribution in [0.5, 0.6) is 0 Å². The minimum atomic E-state index is -0.116. The maximum Gasteiger partial charge on any atom is 0.260 e. The number of carbonyl (C=O) groups excluding carboxylic acids is 1. The van der Waals surface area contributed by atoms with E-state index in [-0.39, 0.29) is 18.5 Å². The molecule has 0 aliphatic heterocycles. The van der Waals surface area contributed by atoms with E-state index in [2.05, 4.69) is 15.4 Å². The van der Waals surface area contributed by atoms with E-state index in [1.165, 1.54) is 0 Å². The zero-order chi connectivity index (χ0) is 18.3. The minimum absolute atomic E-state index is 0.116. The van der Waals surface area contributed by atoms with Crippen LogP contribution in [0.25, 0.3) is 11.5 Å². The highest BCUT2D eigenvalue weighted by molar-refractivity contribution is 6.30. The lowest BCUT2D eigenvalue weighted by Crippen LogP contribution is -2.33. The summed E-state index contributed by atoms with van der Waals surface area (Å²) in [7, 11) is 0. The van der Waals surface area contributed by atoms with Crippen LogP contribution in [0.3, 0.4) is 0 Å². The van der Waals surface area contributed by atoms with Gasteiger partial charge in [0.25, 0.3) is 5.91 Å². The summed E-state index contributed by atoms with van der Waals surface area (Å²) in [5.74, 6) is 1.19. The molecule has 3 aromatic rings. The summed E-state index contributed by atoms with van der Waals surface area (Å²) in [5.41, 5.74) is 1.88. The van der Waals surface area contributed by atoms with Crippen molar-refractivity contribution in [2.45, 2.75) is 39.3 Å². The summed E-state index contributed by atoms with van der Waals surface area (Å²) in [4.78, 5) is 14.7. The molecule has 134 valence electrons. The molecule has 0 unspecified atom stereocenters. The van der Waals surface area contributed by atoms with Crippen molar-refractivity contribution in [1.29, 1.82) is 0 Å². The number of aromatic nitrogens is 3. The van der Waals surface area contributed by atoms with Crippen molar-refractivity contribution in [3.63, 3.8) is 0 Å². The lowest BCUT2D eigenvalue weighted by molar-refractivity contribution is 0.0712. The molecule has 1 fully saturated rings. The number of amides is 1. The molecule has 7 nitrogen and oxygen atoms in total. The second kappa shape index (κ2) is 6.57. The van der Waals surface area contributed by atoms with E-state index in [1.54, 1.807) is 30.9 Å². The van der Waals surface area contributed by atoms with Crippen LogP contribution in [0, 0.1) is 13.8 Å². The van der Waals surface area contributed by atoms with Gasteiger partial charge in [0.15, 0.2) is 0 Å². The van der Waals surface area contributed by atoms with Gasteiger partial charge in [0.1, 0.15) is 11.3 Å². The fourth-order valence-corrected chi connectivity index (χ4v) is 2.98. The van der Waals surface area contributed by atoms with Crippen molar-refractivity contribution < 1.29 is 13.7 Å². The fourth-order valence-electron chi connectivity index (χ4n) is 2.86. The fraction of sp³-hybridized carbons (Fsp3) is 0.333. The summed E-state index contributed by atoms with van der Waals surface area (Å²) < 4.78 is 10.9. The van der Waals surface area contributed by atoms with Gasteiger partial charge in [-0.25, -0.2) is 0 Å². The maximum atomic E-state index is 13.0. The first-order chi connectivity index (χ1) is 12.5. The Labute approximate surface area is 154 Å². The van der Waals surface area contributed by atoms with E-state index in [1.807, 2.05) is 12.1 Å². The quantitative estimate of drug-likeness (QED) is 0.677. The van der Waals surface area contributed by atoms with E-state index >= 15 is 0 Å². The number of rotatable bonds is 5. The summed E-state index contributed by atoms with van der Waals surface area (Å²) in [6.07, 6.45) is 1.93. The summed E-state index contributed by atoms with van der Waals surface area (Å²) in [6.45, 7) is 3.76. The van der Waals surface area contributed by atoms with Gasteiger partial charge in [0.2, 0.25) is 11.8 Å². The lowest BCUT2D eigenvalue weighted by atomic mass is 10.1. The summed E-state index contributed by atoms with van der Waals surface area (Å²) >= 11 is 5.90. The molecule has 1 aliphatic carbocycles. The van der Waals surface area contributed by atoms with E-state index < -0.39 is 0 Å². The Balaban J connectivity index is 1.56. The van der Waals surface area contributed by atoms with Gasteiger partial charge in [0, 0.05) is 16.6 Å². The average Bonchev–Trinajstić information content (AvgIpc) is 3.27. The minimum Gasteiger partial charge on any atom is -0.419 e. The molecule has 1 amide bonds. The van der Waals surface area contributed by atoms with Crippen LogP contribution < -0.4 is 0 Å². The molecule has 8 heteroatoms. The molecule has 0 radical (unpaired) electrons. The number of carbonyl (C=O) groups is 1. The van der Waals surface area contributed by atoms with E-state index in [0.717, 1.165) is 18.4 Å².